The van der Waals surface area contributed by atoms with Crippen LogP contribution in [0.4, 0.5) is 8.78 Å². The van der Waals surface area contributed by atoms with Crippen molar-refractivity contribution < 1.29 is 22.0 Å². The lowest BCUT2D eigenvalue weighted by molar-refractivity contribution is -0.120. The van der Waals surface area contributed by atoms with Crippen molar-refractivity contribution in [1.29, 1.82) is 0 Å². The summed E-state index contributed by atoms with van der Waals surface area (Å²) in [7, 11) is -4.59. The highest BCUT2D eigenvalue weighted by Gasteiger charge is 2.26. The van der Waals surface area contributed by atoms with E-state index in [2.05, 4.69) is 5.32 Å². The van der Waals surface area contributed by atoms with Gasteiger partial charge in [0.05, 0.1) is 11.3 Å². The van der Waals surface area contributed by atoms with E-state index in [0.29, 0.717) is 18.5 Å². The van der Waals surface area contributed by atoms with Gasteiger partial charge in [0.2, 0.25) is 15.7 Å². The summed E-state index contributed by atoms with van der Waals surface area (Å²) in [5, 5.41) is 2.67. The minimum atomic E-state index is -4.59. The number of halogens is 2. The van der Waals surface area contributed by atoms with Gasteiger partial charge in [-0.2, -0.15) is 8.78 Å². The van der Waals surface area contributed by atoms with E-state index in [-0.39, 0.29) is 18.4 Å². The van der Waals surface area contributed by atoms with Crippen molar-refractivity contribution in [3.05, 3.63) is 29.8 Å². The third-order valence-corrected chi connectivity index (χ3v) is 4.17. The van der Waals surface area contributed by atoms with E-state index in [9.17, 15) is 22.0 Å². The molecule has 0 fully saturated rings. The van der Waals surface area contributed by atoms with Gasteiger partial charge >= 0.3 is 5.76 Å². The van der Waals surface area contributed by atoms with Gasteiger partial charge in [-0.25, -0.2) is 8.42 Å². The fraction of sp³-hybridized carbons (Fsp3) is 0.462. The Morgan fingerprint density at radius 1 is 1.29 bits per heavy atom. The van der Waals surface area contributed by atoms with Gasteiger partial charge in [-0.3, -0.25) is 4.79 Å². The first-order valence-corrected chi connectivity index (χ1v) is 7.91. The van der Waals surface area contributed by atoms with E-state index < -0.39 is 20.5 Å². The molecule has 0 aromatic heterocycles. The second-order valence-electron chi connectivity index (χ2n) is 4.74. The molecule has 1 aromatic carbocycles. The van der Waals surface area contributed by atoms with Crippen LogP contribution in [-0.2, 0) is 21.1 Å². The molecular formula is C13H18F2N2O3S. The van der Waals surface area contributed by atoms with Crippen LogP contribution in [0.5, 0.6) is 0 Å². The first kappa shape index (κ1) is 17.5. The predicted molar refractivity (Wildman–Crippen MR) is 74.6 cm³/mol. The van der Waals surface area contributed by atoms with Crippen LogP contribution < -0.4 is 11.1 Å². The number of nitrogens with one attached hydrogen (secondary N) is 1. The third kappa shape index (κ3) is 5.39. The van der Waals surface area contributed by atoms with Crippen molar-refractivity contribution in [2.45, 2.75) is 36.5 Å². The van der Waals surface area contributed by atoms with Gasteiger partial charge in [0, 0.05) is 12.6 Å². The van der Waals surface area contributed by atoms with Gasteiger partial charge in [-0.15, -0.1) is 0 Å². The summed E-state index contributed by atoms with van der Waals surface area (Å²) < 4.78 is 47.2. The maximum absolute atomic E-state index is 12.4. The second-order valence-corrected chi connectivity index (χ2v) is 6.66. The van der Waals surface area contributed by atoms with E-state index in [1.165, 1.54) is 12.1 Å². The monoisotopic (exact) mass is 320 g/mol. The number of rotatable bonds is 7. The molecule has 1 aromatic rings. The van der Waals surface area contributed by atoms with Crippen molar-refractivity contribution in [3.8, 4) is 0 Å². The number of sulfone groups is 1. The molecule has 1 amide bonds. The lowest BCUT2D eigenvalue weighted by Crippen LogP contribution is -2.30. The standard InChI is InChI=1S/C13H18F2N2O3S/c1-9(16)6-7-17-12(18)8-10-2-4-11(5-3-10)21(19,20)13(14)15/h2-5,9,13H,6-8,16H2,1H3,(H,17,18). The van der Waals surface area contributed by atoms with E-state index in [1.807, 2.05) is 6.92 Å². The summed E-state index contributed by atoms with van der Waals surface area (Å²) >= 11 is 0. The van der Waals surface area contributed by atoms with Gasteiger partial charge in [0.15, 0.2) is 0 Å². The quantitative estimate of drug-likeness (QED) is 0.787. The molecule has 0 saturated carbocycles. The largest absolute Gasteiger partial charge is 0.356 e. The Morgan fingerprint density at radius 2 is 1.86 bits per heavy atom. The van der Waals surface area contributed by atoms with Crippen LogP contribution >= 0.6 is 0 Å². The Kier molecular flexibility index (Phi) is 6.22. The summed E-state index contributed by atoms with van der Waals surface area (Å²) in [5.41, 5.74) is 6.09. The molecule has 5 nitrogen and oxygen atoms in total. The first-order chi connectivity index (χ1) is 9.73. The molecular weight excluding hydrogens is 302 g/mol. The van der Waals surface area contributed by atoms with Crippen LogP contribution in [-0.4, -0.2) is 32.7 Å². The molecule has 0 saturated heterocycles. The Morgan fingerprint density at radius 3 is 2.33 bits per heavy atom. The van der Waals surface area contributed by atoms with Gasteiger partial charge in [-0.1, -0.05) is 12.1 Å². The number of carbonyl (C=O) groups excluding carboxylic acids is 1. The normalized spacial score (nSPS) is 13.2. The minimum Gasteiger partial charge on any atom is -0.356 e. The number of nitrogens with two attached hydrogens (primary N) is 1. The topological polar surface area (TPSA) is 89.3 Å². The molecule has 0 bridgehead atoms. The highest BCUT2D eigenvalue weighted by atomic mass is 32.2. The highest BCUT2D eigenvalue weighted by molar-refractivity contribution is 7.91. The Hall–Kier alpha value is -1.54. The SMILES string of the molecule is CC(N)CCNC(=O)Cc1ccc(S(=O)(=O)C(F)F)cc1. The van der Waals surface area contributed by atoms with Crippen molar-refractivity contribution in [3.63, 3.8) is 0 Å². The first-order valence-electron chi connectivity index (χ1n) is 6.36. The van der Waals surface area contributed by atoms with Crippen molar-refractivity contribution in [1.82, 2.24) is 5.32 Å². The molecule has 0 radical (unpaired) electrons. The smallest absolute Gasteiger partial charge is 0.341 e. The number of hydrogen-bond donors (Lipinski definition) is 2. The van der Waals surface area contributed by atoms with E-state index in [4.69, 9.17) is 5.73 Å². The van der Waals surface area contributed by atoms with Crippen LogP contribution in [0.25, 0.3) is 0 Å². The Bertz CT molecular complexity index is 572. The number of carbonyl (C=O) groups is 1. The van der Waals surface area contributed by atoms with E-state index in [0.717, 1.165) is 12.1 Å². The van der Waals surface area contributed by atoms with Crippen LogP contribution in [0.15, 0.2) is 29.2 Å². The zero-order chi connectivity index (χ0) is 16.0. The van der Waals surface area contributed by atoms with Crippen molar-refractivity contribution >= 4 is 15.7 Å². The minimum absolute atomic E-state index is 0.0101. The van der Waals surface area contributed by atoms with Gasteiger partial charge in [0.25, 0.3) is 0 Å². The van der Waals surface area contributed by atoms with Crippen molar-refractivity contribution in [2.75, 3.05) is 6.54 Å². The molecule has 0 aliphatic carbocycles. The predicted octanol–water partition coefficient (Wildman–Crippen LogP) is 1.08. The lowest BCUT2D eigenvalue weighted by Gasteiger charge is -2.08. The van der Waals surface area contributed by atoms with Crippen LogP contribution in [0.3, 0.4) is 0 Å². The van der Waals surface area contributed by atoms with Gasteiger partial charge in [0.1, 0.15) is 0 Å². The highest BCUT2D eigenvalue weighted by Crippen LogP contribution is 2.18. The second kappa shape index (κ2) is 7.46. The number of alkyl halides is 2. The number of hydrogen-bond acceptors (Lipinski definition) is 4. The molecule has 0 aliphatic rings. The van der Waals surface area contributed by atoms with Gasteiger partial charge in [-0.05, 0) is 31.0 Å². The molecule has 0 spiro atoms. The van der Waals surface area contributed by atoms with Crippen LogP contribution in [0, 0.1) is 0 Å². The molecule has 0 heterocycles. The average Bonchev–Trinajstić information content (AvgIpc) is 2.38. The average molecular weight is 320 g/mol. The zero-order valence-electron chi connectivity index (χ0n) is 11.6. The Balaban J connectivity index is 2.61. The summed E-state index contributed by atoms with van der Waals surface area (Å²) in [6.45, 7) is 2.28. The summed E-state index contributed by atoms with van der Waals surface area (Å²) in [6.07, 6.45) is 0.700. The summed E-state index contributed by atoms with van der Waals surface area (Å²) in [4.78, 5) is 11.1. The lowest BCUT2D eigenvalue weighted by atomic mass is 10.1. The van der Waals surface area contributed by atoms with Gasteiger partial charge < -0.3 is 11.1 Å². The maximum Gasteiger partial charge on any atom is 0.341 e. The molecule has 1 rings (SSSR count). The molecule has 1 unspecified atom stereocenters. The maximum atomic E-state index is 12.4. The summed E-state index contributed by atoms with van der Waals surface area (Å²) in [5.74, 6) is -3.69. The third-order valence-electron chi connectivity index (χ3n) is 2.77. The fourth-order valence-corrected chi connectivity index (χ4v) is 2.31. The number of benzene rings is 1. The summed E-state index contributed by atoms with van der Waals surface area (Å²) in [6, 6.07) is 4.84. The Labute approximate surface area is 122 Å². The molecule has 8 heteroatoms. The molecule has 1 atom stereocenters. The molecule has 118 valence electrons. The number of amides is 1. The van der Waals surface area contributed by atoms with E-state index in [1.54, 1.807) is 0 Å². The van der Waals surface area contributed by atoms with E-state index >= 15 is 0 Å². The molecule has 21 heavy (non-hydrogen) atoms. The van der Waals surface area contributed by atoms with Crippen LogP contribution in [0.2, 0.25) is 0 Å². The molecule has 0 aliphatic heterocycles. The van der Waals surface area contributed by atoms with Crippen molar-refractivity contribution in [2.24, 2.45) is 5.73 Å². The zero-order valence-corrected chi connectivity index (χ0v) is 12.4. The fourth-order valence-electron chi connectivity index (χ4n) is 1.59. The van der Waals surface area contributed by atoms with Crippen LogP contribution in [0.1, 0.15) is 18.9 Å². The molecule has 3 N–H and O–H groups in total.